The molecule has 0 radical (unpaired) electrons. The number of rotatable bonds is 6. The van der Waals surface area contributed by atoms with Crippen molar-refractivity contribution < 1.29 is 4.79 Å². The second-order valence-corrected chi connectivity index (χ2v) is 4.09. The summed E-state index contributed by atoms with van der Waals surface area (Å²) in [4.78, 5) is 20.1. The summed E-state index contributed by atoms with van der Waals surface area (Å²) in [6, 6.07) is 1.45. The number of hydrogen-bond acceptors (Lipinski definition) is 5. The lowest BCUT2D eigenvalue weighted by Crippen LogP contribution is -2.38. The highest BCUT2D eigenvalue weighted by atomic mass is 16.2. The minimum atomic E-state index is -0.324. The fourth-order valence-electron chi connectivity index (χ4n) is 1.46. The van der Waals surface area contributed by atoms with Crippen LogP contribution in [0.15, 0.2) is 6.07 Å². The molecule has 1 heterocycles. The first-order chi connectivity index (χ1) is 8.56. The lowest BCUT2D eigenvalue weighted by molar-refractivity contribution is -0.121. The quantitative estimate of drug-likeness (QED) is 0.707. The first-order valence-corrected chi connectivity index (χ1v) is 6.14. The smallest absolute Gasteiger partial charge is 0.242 e. The summed E-state index contributed by atoms with van der Waals surface area (Å²) in [5, 5.41) is 8.85. The van der Waals surface area contributed by atoms with Gasteiger partial charge in [-0.05, 0) is 20.3 Å². The van der Waals surface area contributed by atoms with Crippen LogP contribution in [-0.4, -0.2) is 35.5 Å². The largest absolute Gasteiger partial charge is 0.373 e. The highest BCUT2D eigenvalue weighted by molar-refractivity contribution is 5.83. The minimum absolute atomic E-state index is 0.0286. The normalized spacial score (nSPS) is 11.8. The van der Waals surface area contributed by atoms with Gasteiger partial charge >= 0.3 is 0 Å². The molecule has 18 heavy (non-hydrogen) atoms. The number of aromatic nitrogens is 2. The van der Waals surface area contributed by atoms with Gasteiger partial charge in [0.15, 0.2) is 0 Å². The summed E-state index contributed by atoms with van der Waals surface area (Å²) in [5.41, 5.74) is 0. The van der Waals surface area contributed by atoms with Crippen molar-refractivity contribution in [1.82, 2.24) is 15.3 Å². The van der Waals surface area contributed by atoms with E-state index in [0.717, 1.165) is 12.2 Å². The summed E-state index contributed by atoms with van der Waals surface area (Å²) in [7, 11) is 1.79. The Kier molecular flexibility index (Phi) is 5.35. The molecular weight excluding hydrogens is 230 g/mol. The van der Waals surface area contributed by atoms with Crippen molar-refractivity contribution >= 4 is 17.5 Å². The number of aryl methyl sites for hydroxylation is 1. The zero-order valence-electron chi connectivity index (χ0n) is 11.4. The Morgan fingerprint density at radius 1 is 1.39 bits per heavy atom. The molecule has 1 unspecified atom stereocenters. The van der Waals surface area contributed by atoms with Crippen LogP contribution in [0, 0.1) is 6.92 Å². The van der Waals surface area contributed by atoms with E-state index in [0.29, 0.717) is 18.2 Å². The Labute approximate surface area is 108 Å². The van der Waals surface area contributed by atoms with Gasteiger partial charge in [-0.25, -0.2) is 9.97 Å². The first-order valence-electron chi connectivity index (χ1n) is 6.14. The molecule has 1 atom stereocenters. The zero-order chi connectivity index (χ0) is 13.5. The second kappa shape index (κ2) is 6.78. The summed E-state index contributed by atoms with van der Waals surface area (Å²) in [6.07, 6.45) is 0.926. The number of carbonyl (C=O) groups is 1. The summed E-state index contributed by atoms with van der Waals surface area (Å²) in [5.74, 6) is 2.00. The maximum Gasteiger partial charge on any atom is 0.242 e. The molecule has 3 N–H and O–H groups in total. The predicted molar refractivity (Wildman–Crippen MR) is 72.7 cm³/mol. The third-order valence-corrected chi connectivity index (χ3v) is 2.40. The fraction of sp³-hybridized carbons (Fsp3) is 0.583. The molecule has 0 aliphatic rings. The molecule has 1 aromatic heterocycles. The highest BCUT2D eigenvalue weighted by Gasteiger charge is 2.12. The molecule has 0 saturated carbocycles. The van der Waals surface area contributed by atoms with Gasteiger partial charge in [-0.15, -0.1) is 0 Å². The van der Waals surface area contributed by atoms with Crippen LogP contribution in [-0.2, 0) is 4.79 Å². The van der Waals surface area contributed by atoms with E-state index >= 15 is 0 Å². The molecule has 0 bridgehead atoms. The summed E-state index contributed by atoms with van der Waals surface area (Å²) >= 11 is 0. The van der Waals surface area contributed by atoms with E-state index in [1.54, 1.807) is 13.1 Å². The average Bonchev–Trinajstić information content (AvgIpc) is 2.34. The third-order valence-electron chi connectivity index (χ3n) is 2.40. The van der Waals surface area contributed by atoms with Gasteiger partial charge in [0, 0.05) is 19.7 Å². The maximum absolute atomic E-state index is 11.7. The van der Waals surface area contributed by atoms with Crippen LogP contribution in [0.2, 0.25) is 0 Å². The molecule has 1 aromatic rings. The Hall–Kier alpha value is -1.85. The Morgan fingerprint density at radius 3 is 2.67 bits per heavy atom. The van der Waals surface area contributed by atoms with Crippen molar-refractivity contribution in [2.45, 2.75) is 33.2 Å². The van der Waals surface area contributed by atoms with E-state index in [9.17, 15) is 4.79 Å². The van der Waals surface area contributed by atoms with Crippen LogP contribution in [0.1, 0.15) is 26.1 Å². The van der Waals surface area contributed by atoms with Crippen LogP contribution in [0.5, 0.6) is 0 Å². The van der Waals surface area contributed by atoms with Crippen molar-refractivity contribution in [3.8, 4) is 0 Å². The minimum Gasteiger partial charge on any atom is -0.373 e. The lowest BCUT2D eigenvalue weighted by atomic mass is 10.3. The first kappa shape index (κ1) is 14.2. The molecule has 0 aromatic carbocycles. The molecular formula is C12H21N5O. The number of nitrogens with one attached hydrogen (secondary N) is 3. The van der Waals surface area contributed by atoms with Gasteiger partial charge in [-0.1, -0.05) is 6.92 Å². The molecule has 6 heteroatoms. The molecule has 1 amide bonds. The Bertz CT molecular complexity index is 407. The van der Waals surface area contributed by atoms with Crippen LogP contribution >= 0.6 is 0 Å². The van der Waals surface area contributed by atoms with E-state index in [2.05, 4.69) is 25.9 Å². The van der Waals surface area contributed by atoms with Crippen molar-refractivity contribution in [3.63, 3.8) is 0 Å². The van der Waals surface area contributed by atoms with Crippen molar-refractivity contribution in [1.29, 1.82) is 0 Å². The number of nitrogens with zero attached hydrogens (tertiary/aromatic N) is 2. The van der Waals surface area contributed by atoms with Crippen molar-refractivity contribution in [2.24, 2.45) is 0 Å². The van der Waals surface area contributed by atoms with Crippen LogP contribution in [0.25, 0.3) is 0 Å². The third kappa shape index (κ3) is 4.20. The molecule has 6 nitrogen and oxygen atoms in total. The molecule has 0 spiro atoms. The number of hydrogen-bond donors (Lipinski definition) is 3. The van der Waals surface area contributed by atoms with Crippen LogP contribution in [0.3, 0.4) is 0 Å². The zero-order valence-corrected chi connectivity index (χ0v) is 11.4. The van der Waals surface area contributed by atoms with Crippen LogP contribution in [0.4, 0.5) is 11.6 Å². The summed E-state index contributed by atoms with van der Waals surface area (Å²) in [6.45, 7) is 6.33. The van der Waals surface area contributed by atoms with Gasteiger partial charge in [0.05, 0.1) is 0 Å². The number of carbonyl (C=O) groups excluding carboxylic acids is 1. The molecule has 0 aliphatic heterocycles. The van der Waals surface area contributed by atoms with Gasteiger partial charge < -0.3 is 16.0 Å². The SMILES string of the molecule is CCCNC(=O)C(C)Nc1cc(NC)nc(C)n1. The molecule has 1 rings (SSSR count). The second-order valence-electron chi connectivity index (χ2n) is 4.09. The average molecular weight is 251 g/mol. The van der Waals surface area contributed by atoms with E-state index in [4.69, 9.17) is 0 Å². The highest BCUT2D eigenvalue weighted by Crippen LogP contribution is 2.11. The molecule has 0 fully saturated rings. The Balaban J connectivity index is 2.66. The van der Waals surface area contributed by atoms with Gasteiger partial charge in [-0.2, -0.15) is 0 Å². The van der Waals surface area contributed by atoms with Crippen LogP contribution < -0.4 is 16.0 Å². The topological polar surface area (TPSA) is 78.9 Å². The fourth-order valence-corrected chi connectivity index (χ4v) is 1.46. The van der Waals surface area contributed by atoms with Gasteiger partial charge in [-0.3, -0.25) is 4.79 Å². The monoisotopic (exact) mass is 251 g/mol. The van der Waals surface area contributed by atoms with E-state index in [1.807, 2.05) is 20.8 Å². The van der Waals surface area contributed by atoms with E-state index in [1.165, 1.54) is 0 Å². The lowest BCUT2D eigenvalue weighted by Gasteiger charge is -2.15. The molecule has 0 saturated heterocycles. The molecule has 0 aliphatic carbocycles. The van der Waals surface area contributed by atoms with Crippen molar-refractivity contribution in [2.75, 3.05) is 24.2 Å². The van der Waals surface area contributed by atoms with Crippen molar-refractivity contribution in [3.05, 3.63) is 11.9 Å². The predicted octanol–water partition coefficient (Wildman–Crippen LogP) is 1.15. The van der Waals surface area contributed by atoms with E-state index < -0.39 is 0 Å². The van der Waals surface area contributed by atoms with Gasteiger partial charge in [0.2, 0.25) is 5.91 Å². The van der Waals surface area contributed by atoms with Gasteiger partial charge in [0.1, 0.15) is 23.5 Å². The van der Waals surface area contributed by atoms with Gasteiger partial charge in [0.25, 0.3) is 0 Å². The maximum atomic E-state index is 11.7. The number of anilines is 2. The standard InChI is InChI=1S/C12H21N5O/c1-5-6-14-12(18)8(2)15-11-7-10(13-4)16-9(3)17-11/h7-8H,5-6H2,1-4H3,(H,14,18)(H2,13,15,16,17). The number of amides is 1. The molecule has 100 valence electrons. The van der Waals surface area contributed by atoms with E-state index in [-0.39, 0.29) is 11.9 Å². The summed E-state index contributed by atoms with van der Waals surface area (Å²) < 4.78 is 0. The Morgan fingerprint density at radius 2 is 2.06 bits per heavy atom.